The number of rotatable bonds is 8. The number of nitrogens with one attached hydrogen (secondary N) is 2. The Bertz CT molecular complexity index is 765. The average Bonchev–Trinajstić information content (AvgIpc) is 2.64. The standard InChI is InChI=1S/C19H23FN4O2/c1-24(2)11-5-9-22-18(25)14-8-10-21-17(12-14)19(26)23-13-15-6-3-4-7-16(15)20/h3-4,6-8,10,12H,5,9,11,13H2,1-2H3,(H,22,25)(H,23,26). The molecule has 1 aromatic carbocycles. The molecule has 2 N–H and O–H groups in total. The maximum absolute atomic E-state index is 13.6. The van der Waals surface area contributed by atoms with Gasteiger partial charge in [-0.2, -0.15) is 0 Å². The Kier molecular flexibility index (Phi) is 7.23. The van der Waals surface area contributed by atoms with Gasteiger partial charge in [-0.1, -0.05) is 18.2 Å². The van der Waals surface area contributed by atoms with Gasteiger partial charge >= 0.3 is 0 Å². The molecule has 0 radical (unpaired) electrons. The first kappa shape index (κ1) is 19.5. The average molecular weight is 358 g/mol. The summed E-state index contributed by atoms with van der Waals surface area (Å²) in [4.78, 5) is 30.4. The zero-order chi connectivity index (χ0) is 18.9. The van der Waals surface area contributed by atoms with Crippen LogP contribution in [0.25, 0.3) is 0 Å². The SMILES string of the molecule is CN(C)CCCNC(=O)c1ccnc(C(=O)NCc2ccccc2F)c1. The molecule has 0 spiro atoms. The van der Waals surface area contributed by atoms with Gasteiger partial charge in [-0.05, 0) is 45.3 Å². The maximum Gasteiger partial charge on any atom is 0.270 e. The lowest BCUT2D eigenvalue weighted by Gasteiger charge is -2.10. The summed E-state index contributed by atoms with van der Waals surface area (Å²) < 4.78 is 13.6. The van der Waals surface area contributed by atoms with Crippen LogP contribution in [0.2, 0.25) is 0 Å². The van der Waals surface area contributed by atoms with Crippen molar-refractivity contribution in [2.45, 2.75) is 13.0 Å². The molecule has 1 heterocycles. The molecule has 0 aliphatic rings. The molecule has 0 saturated carbocycles. The van der Waals surface area contributed by atoms with Gasteiger partial charge in [0, 0.05) is 30.4 Å². The third-order valence-corrected chi connectivity index (χ3v) is 3.72. The van der Waals surface area contributed by atoms with Crippen LogP contribution in [-0.4, -0.2) is 48.9 Å². The van der Waals surface area contributed by atoms with E-state index in [-0.39, 0.29) is 24.0 Å². The summed E-state index contributed by atoms with van der Waals surface area (Å²) in [5, 5.41) is 5.42. The molecule has 138 valence electrons. The number of hydrogen-bond donors (Lipinski definition) is 2. The highest BCUT2D eigenvalue weighted by Gasteiger charge is 2.12. The predicted molar refractivity (Wildman–Crippen MR) is 97.3 cm³/mol. The normalized spacial score (nSPS) is 10.6. The predicted octanol–water partition coefficient (Wildman–Crippen LogP) is 1.83. The highest BCUT2D eigenvalue weighted by Crippen LogP contribution is 2.07. The molecule has 0 fully saturated rings. The first-order valence-corrected chi connectivity index (χ1v) is 8.38. The molecular weight excluding hydrogens is 335 g/mol. The molecule has 0 unspecified atom stereocenters. The van der Waals surface area contributed by atoms with Crippen molar-refractivity contribution in [3.05, 3.63) is 65.2 Å². The van der Waals surface area contributed by atoms with Crippen molar-refractivity contribution in [1.82, 2.24) is 20.5 Å². The molecule has 7 heteroatoms. The van der Waals surface area contributed by atoms with E-state index in [1.54, 1.807) is 24.3 Å². The molecule has 26 heavy (non-hydrogen) atoms. The topological polar surface area (TPSA) is 74.3 Å². The lowest BCUT2D eigenvalue weighted by molar-refractivity contribution is 0.0945. The first-order valence-electron chi connectivity index (χ1n) is 8.38. The lowest BCUT2D eigenvalue weighted by Crippen LogP contribution is -2.28. The summed E-state index contributed by atoms with van der Waals surface area (Å²) in [5.74, 6) is -1.10. The van der Waals surface area contributed by atoms with E-state index in [1.165, 1.54) is 18.3 Å². The third kappa shape index (κ3) is 5.93. The van der Waals surface area contributed by atoms with Gasteiger partial charge < -0.3 is 15.5 Å². The maximum atomic E-state index is 13.6. The van der Waals surface area contributed by atoms with Gasteiger partial charge in [0.15, 0.2) is 0 Å². The van der Waals surface area contributed by atoms with Crippen LogP contribution in [0.1, 0.15) is 32.8 Å². The van der Waals surface area contributed by atoms with E-state index < -0.39 is 5.91 Å². The van der Waals surface area contributed by atoms with Gasteiger partial charge in [-0.15, -0.1) is 0 Å². The van der Waals surface area contributed by atoms with Crippen molar-refractivity contribution in [2.75, 3.05) is 27.2 Å². The van der Waals surface area contributed by atoms with Crippen molar-refractivity contribution in [3.63, 3.8) is 0 Å². The largest absolute Gasteiger partial charge is 0.352 e. The van der Waals surface area contributed by atoms with Crippen molar-refractivity contribution >= 4 is 11.8 Å². The van der Waals surface area contributed by atoms with Gasteiger partial charge in [-0.3, -0.25) is 14.6 Å². The highest BCUT2D eigenvalue weighted by molar-refractivity contribution is 5.98. The number of benzene rings is 1. The van der Waals surface area contributed by atoms with Crippen LogP contribution in [0.15, 0.2) is 42.6 Å². The third-order valence-electron chi connectivity index (χ3n) is 3.72. The number of carbonyl (C=O) groups excluding carboxylic acids is 2. The molecule has 0 aliphatic carbocycles. The highest BCUT2D eigenvalue weighted by atomic mass is 19.1. The summed E-state index contributed by atoms with van der Waals surface area (Å²) in [6.45, 7) is 1.47. The van der Waals surface area contributed by atoms with Crippen LogP contribution in [0, 0.1) is 5.82 Å². The van der Waals surface area contributed by atoms with E-state index >= 15 is 0 Å². The molecule has 2 aromatic rings. The van der Waals surface area contributed by atoms with E-state index in [1.807, 2.05) is 19.0 Å². The fourth-order valence-electron chi connectivity index (χ4n) is 2.30. The Morgan fingerprint density at radius 3 is 2.62 bits per heavy atom. The minimum Gasteiger partial charge on any atom is -0.352 e. The minimum absolute atomic E-state index is 0.0497. The number of nitrogens with zero attached hydrogens (tertiary/aromatic N) is 2. The second-order valence-corrected chi connectivity index (χ2v) is 6.12. The molecule has 2 amide bonds. The number of amides is 2. The quantitative estimate of drug-likeness (QED) is 0.706. The molecule has 0 aliphatic heterocycles. The van der Waals surface area contributed by atoms with Crippen LogP contribution >= 0.6 is 0 Å². The van der Waals surface area contributed by atoms with Crippen molar-refractivity contribution in [3.8, 4) is 0 Å². The first-order chi connectivity index (χ1) is 12.5. The number of halogens is 1. The summed E-state index contributed by atoms with van der Waals surface area (Å²) in [5.41, 5.74) is 0.860. The molecule has 6 nitrogen and oxygen atoms in total. The van der Waals surface area contributed by atoms with Crippen molar-refractivity contribution in [2.24, 2.45) is 0 Å². The summed E-state index contributed by atoms with van der Waals surface area (Å²) in [6, 6.07) is 9.20. The van der Waals surface area contributed by atoms with Gasteiger partial charge in [0.2, 0.25) is 0 Å². The number of aromatic nitrogens is 1. The number of pyridine rings is 1. The van der Waals surface area contributed by atoms with Gasteiger partial charge in [0.25, 0.3) is 11.8 Å². The monoisotopic (exact) mass is 358 g/mol. The van der Waals surface area contributed by atoms with E-state index in [0.717, 1.165) is 13.0 Å². The molecule has 2 rings (SSSR count). The van der Waals surface area contributed by atoms with Crippen LogP contribution in [0.3, 0.4) is 0 Å². The minimum atomic E-state index is -0.462. The lowest BCUT2D eigenvalue weighted by atomic mass is 10.2. The molecule has 1 aromatic heterocycles. The number of carbonyl (C=O) groups is 2. The second-order valence-electron chi connectivity index (χ2n) is 6.12. The van der Waals surface area contributed by atoms with E-state index in [0.29, 0.717) is 17.7 Å². The van der Waals surface area contributed by atoms with Gasteiger partial charge in [0.05, 0.1) is 0 Å². The van der Waals surface area contributed by atoms with Crippen LogP contribution in [0.5, 0.6) is 0 Å². The van der Waals surface area contributed by atoms with Crippen molar-refractivity contribution < 1.29 is 14.0 Å². The Balaban J connectivity index is 1.92. The van der Waals surface area contributed by atoms with Gasteiger partial charge in [0.1, 0.15) is 11.5 Å². The van der Waals surface area contributed by atoms with Crippen molar-refractivity contribution in [1.29, 1.82) is 0 Å². The number of hydrogen-bond acceptors (Lipinski definition) is 4. The smallest absolute Gasteiger partial charge is 0.270 e. The Labute approximate surface area is 152 Å². The molecule has 0 bridgehead atoms. The Hall–Kier alpha value is -2.80. The zero-order valence-corrected chi connectivity index (χ0v) is 15.0. The van der Waals surface area contributed by atoms with Crippen LogP contribution in [0.4, 0.5) is 4.39 Å². The molecule has 0 atom stereocenters. The fourth-order valence-corrected chi connectivity index (χ4v) is 2.30. The summed E-state index contributed by atoms with van der Waals surface area (Å²) >= 11 is 0. The Morgan fingerprint density at radius 1 is 1.12 bits per heavy atom. The molecular formula is C19H23FN4O2. The summed E-state index contributed by atoms with van der Waals surface area (Å²) in [6.07, 6.45) is 2.24. The second kappa shape index (κ2) is 9.62. The molecule has 0 saturated heterocycles. The zero-order valence-electron chi connectivity index (χ0n) is 15.0. The Morgan fingerprint density at radius 2 is 1.88 bits per heavy atom. The van der Waals surface area contributed by atoms with E-state index in [9.17, 15) is 14.0 Å². The fraction of sp³-hybridized carbons (Fsp3) is 0.316. The van der Waals surface area contributed by atoms with E-state index in [2.05, 4.69) is 15.6 Å². The summed E-state index contributed by atoms with van der Waals surface area (Å²) in [7, 11) is 3.94. The van der Waals surface area contributed by atoms with E-state index in [4.69, 9.17) is 0 Å². The van der Waals surface area contributed by atoms with Crippen LogP contribution < -0.4 is 10.6 Å². The van der Waals surface area contributed by atoms with Gasteiger partial charge in [-0.25, -0.2) is 4.39 Å². The van der Waals surface area contributed by atoms with Crippen LogP contribution in [-0.2, 0) is 6.54 Å².